The van der Waals surface area contributed by atoms with Gasteiger partial charge in [0.15, 0.2) is 0 Å². The summed E-state index contributed by atoms with van der Waals surface area (Å²) in [4.78, 5) is 2.29. The van der Waals surface area contributed by atoms with Gasteiger partial charge in [-0.15, -0.1) is 0 Å². The first-order chi connectivity index (χ1) is 9.78. The highest BCUT2D eigenvalue weighted by Gasteiger charge is 2.17. The third-order valence-corrected chi connectivity index (χ3v) is 3.84. The summed E-state index contributed by atoms with van der Waals surface area (Å²) in [6.07, 6.45) is 1.14. The summed E-state index contributed by atoms with van der Waals surface area (Å²) in [7, 11) is 0. The first kappa shape index (κ1) is 18.0. The number of hydrogen-bond donors (Lipinski definition) is 1. The van der Waals surface area contributed by atoms with Crippen LogP contribution in [0.5, 0.6) is 0 Å². The maximum atomic E-state index is 14.3. The highest BCUT2D eigenvalue weighted by atomic mass is 19.1. The predicted molar refractivity (Wildman–Crippen MR) is 90.3 cm³/mol. The minimum atomic E-state index is -0.119. The number of anilines is 1. The number of rotatable bonds is 7. The molecule has 0 radical (unpaired) electrons. The maximum absolute atomic E-state index is 14.3. The highest BCUT2D eigenvalue weighted by molar-refractivity contribution is 5.54. The zero-order valence-electron chi connectivity index (χ0n) is 14.5. The molecule has 1 aromatic carbocycles. The van der Waals surface area contributed by atoms with E-state index in [2.05, 4.69) is 51.8 Å². The lowest BCUT2D eigenvalue weighted by molar-refractivity contribution is 0.418. The third-order valence-electron chi connectivity index (χ3n) is 3.84. The summed E-state index contributed by atoms with van der Waals surface area (Å²) >= 11 is 0. The number of hydrogen-bond acceptors (Lipinski definition) is 2. The first-order valence-electron chi connectivity index (χ1n) is 8.05. The summed E-state index contributed by atoms with van der Waals surface area (Å²) in [5.41, 5.74) is 1.78. The molecule has 0 bridgehead atoms. The molecule has 1 atom stereocenters. The molecule has 1 aromatic rings. The first-order valence-corrected chi connectivity index (χ1v) is 8.05. The molecule has 1 rings (SSSR count). The van der Waals surface area contributed by atoms with Crippen LogP contribution in [0.2, 0.25) is 0 Å². The minimum absolute atomic E-state index is 0.0205. The van der Waals surface area contributed by atoms with Gasteiger partial charge >= 0.3 is 0 Å². The Balaban J connectivity index is 3.01. The van der Waals surface area contributed by atoms with Crippen molar-refractivity contribution < 1.29 is 4.39 Å². The summed E-state index contributed by atoms with van der Waals surface area (Å²) < 4.78 is 14.3. The van der Waals surface area contributed by atoms with Crippen molar-refractivity contribution >= 4 is 5.69 Å². The van der Waals surface area contributed by atoms with Crippen molar-refractivity contribution in [1.82, 2.24) is 5.32 Å². The summed E-state index contributed by atoms with van der Waals surface area (Å²) in [6, 6.07) is 5.40. The molecular formula is C18H31FN2. The molecule has 0 spiro atoms. The van der Waals surface area contributed by atoms with E-state index in [4.69, 9.17) is 0 Å². The molecule has 0 saturated heterocycles. The van der Waals surface area contributed by atoms with E-state index in [-0.39, 0.29) is 11.4 Å². The van der Waals surface area contributed by atoms with Crippen LogP contribution in [0.4, 0.5) is 10.1 Å². The van der Waals surface area contributed by atoms with Crippen molar-refractivity contribution in [2.24, 2.45) is 5.92 Å². The molecule has 0 aliphatic heterocycles. The molecule has 1 unspecified atom stereocenters. The van der Waals surface area contributed by atoms with Crippen LogP contribution < -0.4 is 10.2 Å². The van der Waals surface area contributed by atoms with Crippen LogP contribution in [-0.2, 0) is 6.54 Å². The van der Waals surface area contributed by atoms with Crippen LogP contribution in [0.15, 0.2) is 18.2 Å². The summed E-state index contributed by atoms with van der Waals surface area (Å²) in [6.45, 7) is 15.3. The Morgan fingerprint density at radius 1 is 1.24 bits per heavy atom. The fourth-order valence-electron chi connectivity index (χ4n) is 2.28. The van der Waals surface area contributed by atoms with Crippen molar-refractivity contribution in [2.75, 3.05) is 18.0 Å². The van der Waals surface area contributed by atoms with Gasteiger partial charge in [-0.25, -0.2) is 4.39 Å². The largest absolute Gasteiger partial charge is 0.371 e. The molecule has 1 N–H and O–H groups in total. The van der Waals surface area contributed by atoms with Crippen molar-refractivity contribution in [1.29, 1.82) is 0 Å². The van der Waals surface area contributed by atoms with Gasteiger partial charge in [0.1, 0.15) is 5.82 Å². The molecule has 0 aliphatic carbocycles. The lowest BCUT2D eigenvalue weighted by Crippen LogP contribution is -2.36. The van der Waals surface area contributed by atoms with Gasteiger partial charge in [0.25, 0.3) is 0 Å². The van der Waals surface area contributed by atoms with Gasteiger partial charge in [0.2, 0.25) is 0 Å². The lowest BCUT2D eigenvalue weighted by atomic mass is 10.0. The van der Waals surface area contributed by atoms with Crippen LogP contribution in [0.25, 0.3) is 0 Å². The van der Waals surface area contributed by atoms with Crippen molar-refractivity contribution in [3.05, 3.63) is 29.6 Å². The van der Waals surface area contributed by atoms with Gasteiger partial charge in [0, 0.05) is 36.4 Å². The quantitative estimate of drug-likeness (QED) is 0.791. The molecular weight excluding hydrogens is 263 g/mol. The molecule has 0 heterocycles. The molecule has 0 saturated carbocycles. The van der Waals surface area contributed by atoms with E-state index < -0.39 is 0 Å². The van der Waals surface area contributed by atoms with Gasteiger partial charge in [-0.05, 0) is 45.7 Å². The molecule has 0 aromatic heterocycles. The summed E-state index contributed by atoms with van der Waals surface area (Å²) in [5, 5.41) is 3.40. The Hall–Kier alpha value is -1.09. The van der Waals surface area contributed by atoms with E-state index in [9.17, 15) is 4.39 Å². The zero-order valence-corrected chi connectivity index (χ0v) is 14.5. The third kappa shape index (κ3) is 5.66. The number of benzene rings is 1. The maximum Gasteiger partial charge on any atom is 0.129 e. The number of nitrogens with zero attached hydrogens (tertiary/aromatic N) is 1. The molecule has 21 heavy (non-hydrogen) atoms. The van der Waals surface area contributed by atoms with Crippen LogP contribution >= 0.6 is 0 Å². The Bertz CT molecular complexity index is 437. The van der Waals surface area contributed by atoms with E-state index in [1.807, 2.05) is 12.1 Å². The van der Waals surface area contributed by atoms with Gasteiger partial charge in [0.05, 0.1) is 0 Å². The van der Waals surface area contributed by atoms with Gasteiger partial charge < -0.3 is 10.2 Å². The normalized spacial score (nSPS) is 13.3. The predicted octanol–water partition coefficient (Wildman–Crippen LogP) is 4.59. The standard InChI is InChI=1S/C18H31FN2/c1-7-14(3)13-21(8-2)17-11-9-10-16(19)15(17)12-20-18(4,5)6/h9-11,14,20H,7-8,12-13H2,1-6H3. The van der Waals surface area contributed by atoms with E-state index in [0.717, 1.165) is 30.8 Å². The zero-order chi connectivity index (χ0) is 16.0. The minimum Gasteiger partial charge on any atom is -0.371 e. The number of halogens is 1. The van der Waals surface area contributed by atoms with Gasteiger partial charge in [-0.2, -0.15) is 0 Å². The molecule has 0 aliphatic rings. The van der Waals surface area contributed by atoms with Crippen LogP contribution in [0.1, 0.15) is 53.5 Å². The second kappa shape index (κ2) is 7.79. The van der Waals surface area contributed by atoms with E-state index in [1.54, 1.807) is 6.07 Å². The topological polar surface area (TPSA) is 15.3 Å². The number of nitrogens with one attached hydrogen (secondary N) is 1. The molecule has 2 nitrogen and oxygen atoms in total. The Morgan fingerprint density at radius 3 is 2.43 bits per heavy atom. The monoisotopic (exact) mass is 294 g/mol. The van der Waals surface area contributed by atoms with Crippen molar-refractivity contribution in [3.8, 4) is 0 Å². The molecule has 120 valence electrons. The van der Waals surface area contributed by atoms with Crippen LogP contribution in [0, 0.1) is 11.7 Å². The van der Waals surface area contributed by atoms with E-state index in [1.165, 1.54) is 0 Å². The lowest BCUT2D eigenvalue weighted by Gasteiger charge is -2.30. The summed E-state index contributed by atoms with van der Waals surface area (Å²) in [5.74, 6) is 0.489. The van der Waals surface area contributed by atoms with Crippen molar-refractivity contribution in [3.63, 3.8) is 0 Å². The average Bonchev–Trinajstić information content (AvgIpc) is 2.42. The van der Waals surface area contributed by atoms with Crippen molar-refractivity contribution in [2.45, 2.75) is 60.0 Å². The Kier molecular flexibility index (Phi) is 6.66. The van der Waals surface area contributed by atoms with E-state index in [0.29, 0.717) is 12.5 Å². The van der Waals surface area contributed by atoms with Gasteiger partial charge in [-0.3, -0.25) is 0 Å². The Labute approximate surface area is 129 Å². The Morgan fingerprint density at radius 2 is 1.90 bits per heavy atom. The molecule has 0 amide bonds. The smallest absolute Gasteiger partial charge is 0.129 e. The average molecular weight is 294 g/mol. The van der Waals surface area contributed by atoms with Crippen LogP contribution in [-0.4, -0.2) is 18.6 Å². The SMILES string of the molecule is CCC(C)CN(CC)c1cccc(F)c1CNC(C)(C)C. The molecule has 3 heteroatoms. The fraction of sp³-hybridized carbons (Fsp3) is 0.667. The fourth-order valence-corrected chi connectivity index (χ4v) is 2.28. The molecule has 0 fully saturated rings. The second-order valence-corrected chi connectivity index (χ2v) is 6.89. The van der Waals surface area contributed by atoms with Gasteiger partial charge in [-0.1, -0.05) is 26.3 Å². The van der Waals surface area contributed by atoms with Crippen LogP contribution in [0.3, 0.4) is 0 Å². The van der Waals surface area contributed by atoms with E-state index >= 15 is 0 Å². The second-order valence-electron chi connectivity index (χ2n) is 6.89. The highest BCUT2D eigenvalue weighted by Crippen LogP contribution is 2.25.